The Morgan fingerprint density at radius 2 is 1.93 bits per heavy atom. The topological polar surface area (TPSA) is 49.9 Å². The van der Waals surface area contributed by atoms with E-state index in [4.69, 9.17) is 11.1 Å². The summed E-state index contributed by atoms with van der Waals surface area (Å²) in [6.45, 7) is 0. The van der Waals surface area contributed by atoms with Crippen molar-refractivity contribution in [2.24, 2.45) is 5.73 Å². The van der Waals surface area contributed by atoms with E-state index in [1.54, 1.807) is 0 Å². The van der Waals surface area contributed by atoms with Crippen LogP contribution < -0.4 is 5.73 Å². The Bertz CT molecular complexity index is 373. The van der Waals surface area contributed by atoms with Crippen molar-refractivity contribution in [1.29, 1.82) is 5.41 Å². The molecule has 0 aromatic heterocycles. The standard InChI is InChI=1S/C8H6BrF3N2/c9-6-2-1-4(8(10,11)12)3-5(6)7(13)14/h1-3H,(H3,13,14). The summed E-state index contributed by atoms with van der Waals surface area (Å²) in [6, 6.07) is 2.99. The molecule has 3 N–H and O–H groups in total. The van der Waals surface area contributed by atoms with Crippen LogP contribution in [-0.2, 0) is 6.18 Å². The molecule has 0 heterocycles. The number of benzene rings is 1. The highest BCUT2D eigenvalue weighted by atomic mass is 79.9. The number of amidine groups is 1. The van der Waals surface area contributed by atoms with Crippen molar-refractivity contribution in [2.75, 3.05) is 0 Å². The summed E-state index contributed by atoms with van der Waals surface area (Å²) >= 11 is 3.01. The molecule has 0 spiro atoms. The van der Waals surface area contributed by atoms with Crippen LogP contribution in [0.1, 0.15) is 11.1 Å². The summed E-state index contributed by atoms with van der Waals surface area (Å²) in [5.41, 5.74) is 4.34. The number of nitrogens with two attached hydrogens (primary N) is 1. The van der Waals surface area contributed by atoms with E-state index in [0.29, 0.717) is 4.47 Å². The van der Waals surface area contributed by atoms with Gasteiger partial charge in [0.25, 0.3) is 0 Å². The molecule has 6 heteroatoms. The van der Waals surface area contributed by atoms with Crippen molar-refractivity contribution < 1.29 is 13.2 Å². The lowest BCUT2D eigenvalue weighted by Crippen LogP contribution is -2.14. The summed E-state index contributed by atoms with van der Waals surface area (Å²) in [4.78, 5) is 0. The molecule has 0 atom stereocenters. The maximum Gasteiger partial charge on any atom is 0.416 e. The minimum atomic E-state index is -4.41. The average molecular weight is 267 g/mol. The molecule has 0 bridgehead atoms. The van der Waals surface area contributed by atoms with Crippen LogP contribution in [0.15, 0.2) is 22.7 Å². The van der Waals surface area contributed by atoms with Gasteiger partial charge in [-0.3, -0.25) is 5.41 Å². The van der Waals surface area contributed by atoms with Crippen molar-refractivity contribution in [2.45, 2.75) is 6.18 Å². The van der Waals surface area contributed by atoms with Crippen LogP contribution in [0, 0.1) is 5.41 Å². The van der Waals surface area contributed by atoms with Gasteiger partial charge >= 0.3 is 6.18 Å². The molecule has 0 fully saturated rings. The molecule has 2 nitrogen and oxygen atoms in total. The fraction of sp³-hybridized carbons (Fsp3) is 0.125. The highest BCUT2D eigenvalue weighted by molar-refractivity contribution is 9.10. The first kappa shape index (κ1) is 11.0. The van der Waals surface area contributed by atoms with E-state index < -0.39 is 17.6 Å². The molecule has 0 saturated heterocycles. The molecule has 0 saturated carbocycles. The molecule has 0 radical (unpaired) electrons. The first-order chi connectivity index (χ1) is 6.32. The lowest BCUT2D eigenvalue weighted by atomic mass is 10.1. The van der Waals surface area contributed by atoms with Gasteiger partial charge in [-0.2, -0.15) is 13.2 Å². The van der Waals surface area contributed by atoms with Crippen molar-refractivity contribution in [1.82, 2.24) is 0 Å². The van der Waals surface area contributed by atoms with Gasteiger partial charge in [0.05, 0.1) is 5.56 Å². The van der Waals surface area contributed by atoms with Crippen LogP contribution in [-0.4, -0.2) is 5.84 Å². The molecule has 14 heavy (non-hydrogen) atoms. The van der Waals surface area contributed by atoms with E-state index in [0.717, 1.165) is 12.1 Å². The molecular formula is C8H6BrF3N2. The number of alkyl halides is 3. The summed E-state index contributed by atoms with van der Waals surface area (Å²) in [6.07, 6.45) is -4.41. The largest absolute Gasteiger partial charge is 0.416 e. The van der Waals surface area contributed by atoms with Crippen LogP contribution >= 0.6 is 15.9 Å². The van der Waals surface area contributed by atoms with E-state index in [-0.39, 0.29) is 5.56 Å². The Balaban J connectivity index is 3.27. The summed E-state index contributed by atoms with van der Waals surface area (Å²) in [7, 11) is 0. The maximum absolute atomic E-state index is 12.2. The fourth-order valence-electron chi connectivity index (χ4n) is 0.908. The van der Waals surface area contributed by atoms with Gasteiger partial charge in [0.15, 0.2) is 0 Å². The van der Waals surface area contributed by atoms with Crippen LogP contribution in [0.3, 0.4) is 0 Å². The van der Waals surface area contributed by atoms with E-state index in [1.807, 2.05) is 0 Å². The molecule has 0 amide bonds. The van der Waals surface area contributed by atoms with Crippen molar-refractivity contribution in [3.63, 3.8) is 0 Å². The maximum atomic E-state index is 12.2. The number of nitrogen functional groups attached to an aromatic ring is 1. The molecule has 76 valence electrons. The lowest BCUT2D eigenvalue weighted by Gasteiger charge is -2.09. The normalized spacial score (nSPS) is 11.4. The SMILES string of the molecule is N=C(N)c1cc(C(F)(F)F)ccc1Br. The van der Waals surface area contributed by atoms with Gasteiger partial charge in [0, 0.05) is 10.0 Å². The second kappa shape index (κ2) is 3.61. The van der Waals surface area contributed by atoms with Crippen LogP contribution in [0.25, 0.3) is 0 Å². The Morgan fingerprint density at radius 3 is 2.36 bits per heavy atom. The third-order valence-electron chi connectivity index (χ3n) is 1.58. The van der Waals surface area contributed by atoms with Gasteiger partial charge in [-0.1, -0.05) is 15.9 Å². The summed E-state index contributed by atoms with van der Waals surface area (Å²) < 4.78 is 37.1. The minimum Gasteiger partial charge on any atom is -0.384 e. The Morgan fingerprint density at radius 1 is 1.36 bits per heavy atom. The zero-order chi connectivity index (χ0) is 10.9. The lowest BCUT2D eigenvalue weighted by molar-refractivity contribution is -0.137. The van der Waals surface area contributed by atoms with Gasteiger partial charge in [-0.25, -0.2) is 0 Å². The predicted molar refractivity (Wildman–Crippen MR) is 50.2 cm³/mol. The fourth-order valence-corrected chi connectivity index (χ4v) is 1.37. The number of halogens is 4. The van der Waals surface area contributed by atoms with Crippen molar-refractivity contribution in [3.05, 3.63) is 33.8 Å². The quantitative estimate of drug-likeness (QED) is 0.596. The zero-order valence-electron chi connectivity index (χ0n) is 6.82. The van der Waals surface area contributed by atoms with Gasteiger partial charge < -0.3 is 5.73 Å². The highest BCUT2D eigenvalue weighted by Crippen LogP contribution is 2.31. The third kappa shape index (κ3) is 2.25. The molecule has 0 aliphatic heterocycles. The Hall–Kier alpha value is -1.04. The van der Waals surface area contributed by atoms with Crippen LogP contribution in [0.2, 0.25) is 0 Å². The number of rotatable bonds is 1. The van der Waals surface area contributed by atoms with E-state index in [9.17, 15) is 13.2 Å². The van der Waals surface area contributed by atoms with Gasteiger partial charge in [-0.05, 0) is 18.2 Å². The number of nitrogens with one attached hydrogen (secondary N) is 1. The Kier molecular flexibility index (Phi) is 2.84. The Labute approximate surface area is 86.6 Å². The average Bonchev–Trinajstić information content (AvgIpc) is 2.02. The van der Waals surface area contributed by atoms with Gasteiger partial charge in [0.2, 0.25) is 0 Å². The monoisotopic (exact) mass is 266 g/mol. The van der Waals surface area contributed by atoms with Crippen molar-refractivity contribution >= 4 is 21.8 Å². The minimum absolute atomic E-state index is 0.0415. The molecule has 0 aliphatic rings. The molecule has 0 aliphatic carbocycles. The number of hydrogen-bond acceptors (Lipinski definition) is 1. The predicted octanol–water partition coefficient (Wildman–Crippen LogP) is 2.75. The van der Waals surface area contributed by atoms with Gasteiger partial charge in [-0.15, -0.1) is 0 Å². The molecule has 0 unspecified atom stereocenters. The second-order valence-electron chi connectivity index (χ2n) is 2.61. The molecule has 1 aromatic carbocycles. The van der Waals surface area contributed by atoms with E-state index in [1.165, 1.54) is 6.07 Å². The number of hydrogen-bond donors (Lipinski definition) is 2. The second-order valence-corrected chi connectivity index (χ2v) is 3.46. The van der Waals surface area contributed by atoms with Crippen LogP contribution in [0.5, 0.6) is 0 Å². The zero-order valence-corrected chi connectivity index (χ0v) is 8.41. The first-order valence-corrected chi connectivity index (χ1v) is 4.33. The smallest absolute Gasteiger partial charge is 0.384 e. The van der Waals surface area contributed by atoms with Gasteiger partial charge in [0.1, 0.15) is 5.84 Å². The van der Waals surface area contributed by atoms with E-state index in [2.05, 4.69) is 15.9 Å². The first-order valence-electron chi connectivity index (χ1n) is 3.53. The van der Waals surface area contributed by atoms with Crippen molar-refractivity contribution in [3.8, 4) is 0 Å². The summed E-state index contributed by atoms with van der Waals surface area (Å²) in [5, 5.41) is 7.06. The molecule has 1 rings (SSSR count). The molecular weight excluding hydrogens is 261 g/mol. The molecule has 1 aromatic rings. The van der Waals surface area contributed by atoms with E-state index >= 15 is 0 Å². The van der Waals surface area contributed by atoms with Crippen LogP contribution in [0.4, 0.5) is 13.2 Å². The third-order valence-corrected chi connectivity index (χ3v) is 2.28. The highest BCUT2D eigenvalue weighted by Gasteiger charge is 2.31. The summed E-state index contributed by atoms with van der Waals surface area (Å²) in [5.74, 6) is -0.400.